The highest BCUT2D eigenvalue weighted by molar-refractivity contribution is 5.91. The molecule has 4 nitrogen and oxygen atoms in total. The molecule has 0 aliphatic carbocycles. The molecule has 1 aliphatic rings. The maximum Gasteiger partial charge on any atom is 0.152 e. The first-order chi connectivity index (χ1) is 13.5. The minimum absolute atomic E-state index is 0.0462. The lowest BCUT2D eigenvalue weighted by Crippen LogP contribution is -2.39. The Balaban J connectivity index is 1.77. The second-order valence-electron chi connectivity index (χ2n) is 7.62. The van der Waals surface area contributed by atoms with Crippen LogP contribution in [0.1, 0.15) is 42.1 Å². The van der Waals surface area contributed by atoms with Crippen molar-refractivity contribution in [3.63, 3.8) is 0 Å². The summed E-state index contributed by atoms with van der Waals surface area (Å²) in [6, 6.07) is 8.17. The van der Waals surface area contributed by atoms with Gasteiger partial charge in [0.15, 0.2) is 5.78 Å². The summed E-state index contributed by atoms with van der Waals surface area (Å²) in [5, 5.41) is 9.87. The Kier molecular flexibility index (Phi) is 6.65. The summed E-state index contributed by atoms with van der Waals surface area (Å²) in [5.41, 5.74) is 5.77. The maximum absolute atomic E-state index is 11.1. The predicted molar refractivity (Wildman–Crippen MR) is 116 cm³/mol. The number of carbonyl (C=O) groups excluding carboxylic acids is 1. The molecule has 1 saturated heterocycles. The molecule has 1 N–H and O–H groups in total. The highest BCUT2D eigenvalue weighted by Crippen LogP contribution is 2.24. The van der Waals surface area contributed by atoms with Crippen LogP contribution in [0.25, 0.3) is 17.8 Å². The van der Waals surface area contributed by atoms with Gasteiger partial charge in [-0.15, -0.1) is 0 Å². The van der Waals surface area contributed by atoms with Crippen LogP contribution in [0.2, 0.25) is 0 Å². The summed E-state index contributed by atoms with van der Waals surface area (Å²) < 4.78 is 2.18. The Hall–Kier alpha value is -2.43. The number of allylic oxidation sites excluding steroid dienone is 1. The molecular weight excluding hydrogens is 348 g/mol. The molecule has 0 saturated carbocycles. The van der Waals surface area contributed by atoms with Gasteiger partial charge in [-0.1, -0.05) is 24.8 Å². The minimum atomic E-state index is -0.182. The highest BCUT2D eigenvalue weighted by Gasteiger charge is 2.18. The van der Waals surface area contributed by atoms with Gasteiger partial charge in [-0.25, -0.2) is 0 Å². The van der Waals surface area contributed by atoms with E-state index in [0.717, 1.165) is 55.8 Å². The number of aromatic nitrogens is 1. The molecule has 3 rings (SSSR count). The van der Waals surface area contributed by atoms with Crippen LogP contribution >= 0.6 is 0 Å². The van der Waals surface area contributed by atoms with Crippen LogP contribution in [-0.4, -0.2) is 46.1 Å². The van der Waals surface area contributed by atoms with Gasteiger partial charge in [-0.3, -0.25) is 4.79 Å². The number of hydrogen-bond donors (Lipinski definition) is 1. The van der Waals surface area contributed by atoms with Crippen LogP contribution in [0.3, 0.4) is 0 Å². The molecule has 0 spiro atoms. The summed E-state index contributed by atoms with van der Waals surface area (Å²) >= 11 is 0. The first-order valence-corrected chi connectivity index (χ1v) is 10.0. The van der Waals surface area contributed by atoms with Crippen LogP contribution in [-0.2, 0) is 11.2 Å². The molecule has 0 bridgehead atoms. The largest absolute Gasteiger partial charge is 0.392 e. The number of hydrogen-bond acceptors (Lipinski definition) is 3. The van der Waals surface area contributed by atoms with E-state index in [2.05, 4.69) is 41.3 Å². The number of β-amino-alcohol motifs (C(OH)–C–C–N with tert-alkyl or cyclic N) is 1. The normalized spacial score (nSPS) is 17.9. The van der Waals surface area contributed by atoms with E-state index in [-0.39, 0.29) is 11.9 Å². The van der Waals surface area contributed by atoms with Gasteiger partial charge < -0.3 is 14.6 Å². The molecule has 1 aliphatic heterocycles. The Morgan fingerprint density at radius 2 is 2.07 bits per heavy atom. The molecule has 2 aromatic rings. The third-order valence-electron chi connectivity index (χ3n) is 5.46. The smallest absolute Gasteiger partial charge is 0.152 e. The monoisotopic (exact) mass is 378 g/mol. The number of likely N-dealkylation sites (tertiary alicyclic amines) is 1. The Morgan fingerprint density at radius 3 is 2.71 bits per heavy atom. The lowest BCUT2D eigenvalue weighted by atomic mass is 10.1. The fraction of sp³-hybridized carbons (Fsp3) is 0.375. The van der Waals surface area contributed by atoms with Gasteiger partial charge >= 0.3 is 0 Å². The molecule has 148 valence electrons. The molecule has 1 fully saturated rings. The second-order valence-corrected chi connectivity index (χ2v) is 7.62. The van der Waals surface area contributed by atoms with Crippen molar-refractivity contribution < 1.29 is 9.90 Å². The topological polar surface area (TPSA) is 45.5 Å². The van der Waals surface area contributed by atoms with E-state index in [1.54, 1.807) is 13.0 Å². The Labute approximate surface area is 167 Å². The molecular formula is C24H30N2O2. The van der Waals surface area contributed by atoms with Gasteiger partial charge in [0.25, 0.3) is 0 Å². The van der Waals surface area contributed by atoms with Crippen LogP contribution < -0.4 is 0 Å². The van der Waals surface area contributed by atoms with Gasteiger partial charge in [0.1, 0.15) is 0 Å². The molecule has 4 heteroatoms. The van der Waals surface area contributed by atoms with Crippen molar-refractivity contribution in [3.8, 4) is 5.69 Å². The number of rotatable bonds is 7. The molecule has 28 heavy (non-hydrogen) atoms. The first-order valence-electron chi connectivity index (χ1n) is 10.0. The van der Waals surface area contributed by atoms with Crippen LogP contribution in [0.4, 0.5) is 0 Å². The van der Waals surface area contributed by atoms with Gasteiger partial charge in [0.2, 0.25) is 0 Å². The van der Waals surface area contributed by atoms with E-state index in [1.165, 1.54) is 11.1 Å². The molecule has 2 heterocycles. The molecule has 1 aromatic carbocycles. The van der Waals surface area contributed by atoms with Crippen molar-refractivity contribution >= 4 is 17.9 Å². The zero-order valence-corrected chi connectivity index (χ0v) is 16.9. The summed E-state index contributed by atoms with van der Waals surface area (Å²) in [7, 11) is 0. The van der Waals surface area contributed by atoms with Crippen molar-refractivity contribution in [2.75, 3.05) is 19.6 Å². The van der Waals surface area contributed by atoms with Gasteiger partial charge in [0.05, 0.1) is 6.10 Å². The molecule has 0 radical (unpaired) electrons. The number of aliphatic hydroxyl groups excluding tert-OH is 1. The second kappa shape index (κ2) is 9.18. The minimum Gasteiger partial charge on any atom is -0.392 e. The van der Waals surface area contributed by atoms with Crippen molar-refractivity contribution in [1.29, 1.82) is 0 Å². The Morgan fingerprint density at radius 1 is 1.32 bits per heavy atom. The third-order valence-corrected chi connectivity index (χ3v) is 5.46. The van der Waals surface area contributed by atoms with Crippen molar-refractivity contribution in [2.24, 2.45) is 0 Å². The number of benzene rings is 1. The number of aliphatic hydroxyl groups is 1. The lowest BCUT2D eigenvalue weighted by Gasteiger charge is -2.29. The standard InChI is InChI=1S/C24H30N2O2/c1-4-24-19(3)21(13-15-25-14-5-6-23(28)17-25)16-26(24)22-11-9-20(10-12-22)8-7-18(2)27/h4,7-12,16,23,28H,1,5-6,13-15,17H2,2-3H3/b8-7+. The van der Waals surface area contributed by atoms with Crippen molar-refractivity contribution in [2.45, 2.75) is 39.2 Å². The summed E-state index contributed by atoms with van der Waals surface area (Å²) in [4.78, 5) is 13.5. The number of ketones is 1. The average Bonchev–Trinajstić information content (AvgIpc) is 3.00. The fourth-order valence-electron chi connectivity index (χ4n) is 3.86. The molecule has 1 atom stereocenters. The van der Waals surface area contributed by atoms with E-state index in [0.29, 0.717) is 0 Å². The SMILES string of the molecule is C=Cc1c(C)c(CCN2CCCC(O)C2)cn1-c1ccc(/C=C/C(C)=O)cc1. The first kappa shape index (κ1) is 20.3. The highest BCUT2D eigenvalue weighted by atomic mass is 16.3. The quantitative estimate of drug-likeness (QED) is 0.740. The summed E-state index contributed by atoms with van der Waals surface area (Å²) in [6.45, 7) is 10.5. The van der Waals surface area contributed by atoms with Crippen molar-refractivity contribution in [1.82, 2.24) is 9.47 Å². The fourth-order valence-corrected chi connectivity index (χ4v) is 3.86. The van der Waals surface area contributed by atoms with E-state index in [4.69, 9.17) is 0 Å². The number of carbonyl (C=O) groups is 1. The van der Waals surface area contributed by atoms with E-state index in [9.17, 15) is 9.90 Å². The zero-order valence-electron chi connectivity index (χ0n) is 16.9. The van der Waals surface area contributed by atoms with Gasteiger partial charge in [0, 0.05) is 30.7 Å². The Bertz CT molecular complexity index is 861. The summed E-state index contributed by atoms with van der Waals surface area (Å²) in [6.07, 6.45) is 10.3. The van der Waals surface area contributed by atoms with E-state index in [1.807, 2.05) is 24.3 Å². The average molecular weight is 379 g/mol. The van der Waals surface area contributed by atoms with Gasteiger partial charge in [-0.2, -0.15) is 0 Å². The van der Waals surface area contributed by atoms with Crippen LogP contribution in [0.5, 0.6) is 0 Å². The van der Waals surface area contributed by atoms with Crippen molar-refractivity contribution in [3.05, 3.63) is 65.5 Å². The molecule has 1 aromatic heterocycles. The summed E-state index contributed by atoms with van der Waals surface area (Å²) in [5.74, 6) is 0.0462. The molecule has 1 unspecified atom stereocenters. The zero-order chi connectivity index (χ0) is 20.1. The molecule has 0 amide bonds. The lowest BCUT2D eigenvalue weighted by molar-refractivity contribution is -0.112. The van der Waals surface area contributed by atoms with Gasteiger partial charge in [-0.05, 0) is 80.6 Å². The maximum atomic E-state index is 11.1. The predicted octanol–water partition coefficient (Wildman–Crippen LogP) is 4.03. The van der Waals surface area contributed by atoms with Crippen LogP contribution in [0, 0.1) is 6.92 Å². The van der Waals surface area contributed by atoms with Crippen LogP contribution in [0.15, 0.2) is 43.1 Å². The number of nitrogens with zero attached hydrogens (tertiary/aromatic N) is 2. The third kappa shape index (κ3) is 4.89. The van der Waals surface area contributed by atoms with E-state index < -0.39 is 0 Å². The van der Waals surface area contributed by atoms with E-state index >= 15 is 0 Å². The number of piperidine rings is 1.